The predicted octanol–water partition coefficient (Wildman–Crippen LogP) is 0.214. The van der Waals surface area contributed by atoms with Crippen molar-refractivity contribution in [1.29, 1.82) is 0 Å². The summed E-state index contributed by atoms with van der Waals surface area (Å²) in [5.74, 6) is 0. The van der Waals surface area contributed by atoms with Crippen LogP contribution in [-0.4, -0.2) is 46.5 Å². The van der Waals surface area contributed by atoms with Crippen LogP contribution >= 0.6 is 0 Å². The molecule has 2 N–H and O–H groups in total. The lowest BCUT2D eigenvalue weighted by atomic mass is 9.95. The van der Waals surface area contributed by atoms with Gasteiger partial charge in [0.1, 0.15) is 0 Å². The molecule has 1 fully saturated rings. The van der Waals surface area contributed by atoms with Crippen LogP contribution in [0.3, 0.4) is 0 Å². The lowest BCUT2D eigenvalue weighted by Crippen LogP contribution is -2.56. The molecule has 0 aromatic rings. The monoisotopic (exact) mass is 173 g/mol. The van der Waals surface area contributed by atoms with Crippen LogP contribution in [-0.2, 0) is 0 Å². The van der Waals surface area contributed by atoms with E-state index < -0.39 is 5.60 Å². The van der Waals surface area contributed by atoms with Gasteiger partial charge in [-0.05, 0) is 12.8 Å². The Morgan fingerprint density at radius 3 is 2.17 bits per heavy atom. The minimum absolute atomic E-state index is 0.164. The second-order valence-electron chi connectivity index (χ2n) is 3.78. The van der Waals surface area contributed by atoms with Gasteiger partial charge < -0.3 is 10.2 Å². The fourth-order valence-corrected chi connectivity index (χ4v) is 1.56. The zero-order chi connectivity index (χ0) is 9.19. The first-order chi connectivity index (χ1) is 5.59. The average Bonchev–Trinajstić information content (AvgIpc) is 2.02. The number of nitrogens with zero attached hydrogens (tertiary/aromatic N) is 1. The molecule has 1 aliphatic rings. The van der Waals surface area contributed by atoms with E-state index in [1.165, 1.54) is 0 Å². The van der Waals surface area contributed by atoms with Gasteiger partial charge in [0.2, 0.25) is 0 Å². The zero-order valence-corrected chi connectivity index (χ0v) is 7.95. The molecule has 1 heterocycles. The summed E-state index contributed by atoms with van der Waals surface area (Å²) in [6, 6.07) is 0. The Kier molecular flexibility index (Phi) is 3.09. The van der Waals surface area contributed by atoms with Crippen molar-refractivity contribution in [3.63, 3.8) is 0 Å². The molecule has 3 heteroatoms. The SMILES string of the molecule is CCC(O)(CC)CN1CC(O)C1. The lowest BCUT2D eigenvalue weighted by Gasteiger charge is -2.41. The Morgan fingerprint density at radius 1 is 1.33 bits per heavy atom. The summed E-state index contributed by atoms with van der Waals surface area (Å²) < 4.78 is 0. The second kappa shape index (κ2) is 3.73. The minimum Gasteiger partial charge on any atom is -0.390 e. The molecule has 1 aliphatic heterocycles. The summed E-state index contributed by atoms with van der Waals surface area (Å²) >= 11 is 0. The highest BCUT2D eigenvalue weighted by atomic mass is 16.3. The van der Waals surface area contributed by atoms with Crippen LogP contribution in [0, 0.1) is 0 Å². The summed E-state index contributed by atoms with van der Waals surface area (Å²) in [5.41, 5.74) is -0.542. The molecule has 1 saturated heterocycles. The van der Waals surface area contributed by atoms with Crippen molar-refractivity contribution >= 4 is 0 Å². The molecule has 0 unspecified atom stereocenters. The van der Waals surface area contributed by atoms with E-state index in [0.717, 1.165) is 25.9 Å². The van der Waals surface area contributed by atoms with E-state index in [0.29, 0.717) is 6.54 Å². The van der Waals surface area contributed by atoms with Crippen LogP contribution < -0.4 is 0 Å². The van der Waals surface area contributed by atoms with Gasteiger partial charge in [-0.1, -0.05) is 13.8 Å². The third-order valence-corrected chi connectivity index (χ3v) is 2.77. The highest BCUT2D eigenvalue weighted by Gasteiger charge is 2.32. The molecule has 1 rings (SSSR count). The summed E-state index contributed by atoms with van der Waals surface area (Å²) in [6.07, 6.45) is 1.41. The Balaban J connectivity index is 2.28. The molecule has 0 amide bonds. The van der Waals surface area contributed by atoms with Gasteiger partial charge in [0.15, 0.2) is 0 Å². The highest BCUT2D eigenvalue weighted by Crippen LogP contribution is 2.19. The molecule has 0 atom stereocenters. The quantitative estimate of drug-likeness (QED) is 0.639. The van der Waals surface area contributed by atoms with Crippen molar-refractivity contribution < 1.29 is 10.2 Å². The Bertz CT molecular complexity index is 139. The van der Waals surface area contributed by atoms with Crippen molar-refractivity contribution in [2.24, 2.45) is 0 Å². The van der Waals surface area contributed by atoms with E-state index >= 15 is 0 Å². The normalized spacial score (nSPS) is 21.0. The van der Waals surface area contributed by atoms with E-state index in [1.807, 2.05) is 13.8 Å². The van der Waals surface area contributed by atoms with Gasteiger partial charge in [-0.2, -0.15) is 0 Å². The standard InChI is InChI=1S/C9H19NO2/c1-3-9(12,4-2)7-10-5-8(11)6-10/h8,11-12H,3-7H2,1-2H3. The van der Waals surface area contributed by atoms with Crippen molar-refractivity contribution in [2.45, 2.75) is 38.4 Å². The number of hydrogen-bond acceptors (Lipinski definition) is 3. The van der Waals surface area contributed by atoms with Gasteiger partial charge in [-0.15, -0.1) is 0 Å². The predicted molar refractivity (Wildman–Crippen MR) is 48.0 cm³/mol. The van der Waals surface area contributed by atoms with Gasteiger partial charge in [0, 0.05) is 19.6 Å². The fraction of sp³-hybridized carbons (Fsp3) is 1.00. The number of aliphatic hydroxyl groups is 2. The number of rotatable bonds is 4. The molecule has 0 aromatic heterocycles. The number of β-amino-alcohol motifs (C(OH)–C–C–N with tert-alkyl or cyclic N) is 2. The third-order valence-electron chi connectivity index (χ3n) is 2.77. The third kappa shape index (κ3) is 2.19. The minimum atomic E-state index is -0.542. The van der Waals surface area contributed by atoms with Crippen molar-refractivity contribution in [2.75, 3.05) is 19.6 Å². The molecule has 0 radical (unpaired) electrons. The largest absolute Gasteiger partial charge is 0.390 e. The van der Waals surface area contributed by atoms with Crippen LogP contribution in [0.15, 0.2) is 0 Å². The maximum atomic E-state index is 9.93. The van der Waals surface area contributed by atoms with Gasteiger partial charge >= 0.3 is 0 Å². The maximum Gasteiger partial charge on any atom is 0.0793 e. The van der Waals surface area contributed by atoms with Crippen LogP contribution in [0.4, 0.5) is 0 Å². The first-order valence-electron chi connectivity index (χ1n) is 4.72. The highest BCUT2D eigenvalue weighted by molar-refractivity contribution is 4.86. The van der Waals surface area contributed by atoms with Crippen molar-refractivity contribution in [1.82, 2.24) is 4.90 Å². The Hall–Kier alpha value is -0.120. The summed E-state index contributed by atoms with van der Waals surface area (Å²) in [5, 5.41) is 19.0. The number of hydrogen-bond donors (Lipinski definition) is 2. The molecule has 0 saturated carbocycles. The summed E-state index contributed by atoms with van der Waals surface area (Å²) in [6.45, 7) is 6.15. The molecule has 0 aliphatic carbocycles. The molecular weight excluding hydrogens is 154 g/mol. The van der Waals surface area contributed by atoms with E-state index in [9.17, 15) is 5.11 Å². The molecule has 72 valence electrons. The second-order valence-corrected chi connectivity index (χ2v) is 3.78. The first-order valence-corrected chi connectivity index (χ1v) is 4.72. The van der Waals surface area contributed by atoms with Gasteiger partial charge in [0.25, 0.3) is 0 Å². The molecule has 0 aromatic carbocycles. The molecular formula is C9H19NO2. The van der Waals surface area contributed by atoms with Crippen LogP contribution in [0.1, 0.15) is 26.7 Å². The fourth-order valence-electron chi connectivity index (χ4n) is 1.56. The van der Waals surface area contributed by atoms with Crippen LogP contribution in [0.25, 0.3) is 0 Å². The number of likely N-dealkylation sites (tertiary alicyclic amines) is 1. The maximum absolute atomic E-state index is 9.93. The van der Waals surface area contributed by atoms with E-state index in [2.05, 4.69) is 4.90 Å². The van der Waals surface area contributed by atoms with Gasteiger partial charge in [-0.25, -0.2) is 0 Å². The van der Waals surface area contributed by atoms with Crippen molar-refractivity contribution in [3.8, 4) is 0 Å². The van der Waals surface area contributed by atoms with Crippen LogP contribution in [0.2, 0.25) is 0 Å². The Morgan fingerprint density at radius 2 is 1.83 bits per heavy atom. The van der Waals surface area contributed by atoms with E-state index in [1.54, 1.807) is 0 Å². The van der Waals surface area contributed by atoms with E-state index in [-0.39, 0.29) is 6.10 Å². The summed E-state index contributed by atoms with van der Waals surface area (Å²) in [4.78, 5) is 2.09. The lowest BCUT2D eigenvalue weighted by molar-refractivity contribution is -0.0637. The summed E-state index contributed by atoms with van der Waals surface area (Å²) in [7, 11) is 0. The topological polar surface area (TPSA) is 43.7 Å². The molecule has 12 heavy (non-hydrogen) atoms. The van der Waals surface area contributed by atoms with Gasteiger partial charge in [0.05, 0.1) is 11.7 Å². The molecule has 0 spiro atoms. The van der Waals surface area contributed by atoms with E-state index in [4.69, 9.17) is 5.11 Å². The van der Waals surface area contributed by atoms with Gasteiger partial charge in [-0.3, -0.25) is 4.90 Å². The zero-order valence-electron chi connectivity index (χ0n) is 7.95. The molecule has 3 nitrogen and oxygen atoms in total. The van der Waals surface area contributed by atoms with Crippen LogP contribution in [0.5, 0.6) is 0 Å². The first kappa shape index (κ1) is 9.96. The molecule has 0 bridgehead atoms. The number of aliphatic hydroxyl groups excluding tert-OH is 1. The smallest absolute Gasteiger partial charge is 0.0793 e. The Labute approximate surface area is 74.0 Å². The average molecular weight is 173 g/mol. The van der Waals surface area contributed by atoms with Crippen molar-refractivity contribution in [3.05, 3.63) is 0 Å².